The van der Waals surface area contributed by atoms with Crippen molar-refractivity contribution in [3.8, 4) is 0 Å². The molecule has 102 valence electrons. The molecule has 1 saturated heterocycles. The first-order valence-corrected chi connectivity index (χ1v) is 8.06. The predicted molar refractivity (Wildman–Crippen MR) is 75.5 cm³/mol. The molecule has 4 heteroatoms. The van der Waals surface area contributed by atoms with Crippen LogP contribution in [0.15, 0.2) is 23.1 Å². The molecule has 0 aromatic heterocycles. The zero-order chi connectivity index (χ0) is 13.1. The van der Waals surface area contributed by atoms with Crippen molar-refractivity contribution in [3.63, 3.8) is 0 Å². The summed E-state index contributed by atoms with van der Waals surface area (Å²) in [6, 6.07) is 6.16. The fraction of sp³-hybridized carbons (Fsp3) is 0.533. The van der Waals surface area contributed by atoms with Crippen LogP contribution in [0.25, 0.3) is 0 Å². The van der Waals surface area contributed by atoms with Crippen molar-refractivity contribution in [1.82, 2.24) is 0 Å². The molecule has 3 nitrogen and oxygen atoms in total. The summed E-state index contributed by atoms with van der Waals surface area (Å²) in [5, 5.41) is 2.41. The second-order valence-electron chi connectivity index (χ2n) is 5.33. The van der Waals surface area contributed by atoms with E-state index in [0.717, 1.165) is 23.5 Å². The number of piperidine rings is 1. The van der Waals surface area contributed by atoms with Crippen molar-refractivity contribution >= 4 is 17.7 Å². The Morgan fingerprint density at radius 3 is 3.00 bits per heavy atom. The van der Waals surface area contributed by atoms with E-state index >= 15 is 0 Å². The summed E-state index contributed by atoms with van der Waals surface area (Å²) in [6.45, 7) is 3.08. The van der Waals surface area contributed by atoms with Crippen LogP contribution < -0.4 is 5.32 Å². The van der Waals surface area contributed by atoms with Crippen LogP contribution in [-0.2, 0) is 11.2 Å². The normalized spacial score (nSPS) is 19.9. The Labute approximate surface area is 118 Å². The smallest absolute Gasteiger partial charge is 0.338 e. The minimum atomic E-state index is -0.166. The van der Waals surface area contributed by atoms with E-state index in [1.54, 1.807) is 0 Å². The van der Waals surface area contributed by atoms with Gasteiger partial charge in [0.15, 0.2) is 0 Å². The molecule has 0 spiro atoms. The summed E-state index contributed by atoms with van der Waals surface area (Å²) in [6.07, 6.45) is 3.53. The molecule has 1 aromatic carbocycles. The highest BCUT2D eigenvalue weighted by atomic mass is 32.2. The van der Waals surface area contributed by atoms with E-state index in [4.69, 9.17) is 4.74 Å². The Morgan fingerprint density at radius 2 is 2.16 bits per heavy atom. The van der Waals surface area contributed by atoms with E-state index < -0.39 is 0 Å². The molecule has 0 bridgehead atoms. The topological polar surface area (TPSA) is 42.9 Å². The number of quaternary nitrogens is 1. The molecule has 0 amide bonds. The second kappa shape index (κ2) is 5.97. The third-order valence-electron chi connectivity index (χ3n) is 3.94. The number of carbonyl (C=O) groups is 1. The van der Waals surface area contributed by atoms with Gasteiger partial charge in [0, 0.05) is 29.9 Å². The Hall–Kier alpha value is -1.00. The Balaban J connectivity index is 1.63. The molecule has 1 fully saturated rings. The monoisotopic (exact) mass is 278 g/mol. The van der Waals surface area contributed by atoms with E-state index in [1.165, 1.54) is 36.6 Å². The number of ether oxygens (including phenoxy) is 1. The average molecular weight is 278 g/mol. The van der Waals surface area contributed by atoms with Crippen LogP contribution in [0, 0.1) is 5.92 Å². The largest absolute Gasteiger partial charge is 0.462 e. The van der Waals surface area contributed by atoms with Gasteiger partial charge in [-0.15, -0.1) is 11.8 Å². The second-order valence-corrected chi connectivity index (χ2v) is 6.42. The van der Waals surface area contributed by atoms with Crippen molar-refractivity contribution in [2.45, 2.75) is 24.2 Å². The fourth-order valence-electron chi connectivity index (χ4n) is 2.77. The number of carbonyl (C=O) groups excluding carboxylic acids is 1. The molecular weight excluding hydrogens is 258 g/mol. The first kappa shape index (κ1) is 13.0. The zero-order valence-electron chi connectivity index (χ0n) is 11.1. The van der Waals surface area contributed by atoms with Crippen molar-refractivity contribution in [3.05, 3.63) is 29.3 Å². The van der Waals surface area contributed by atoms with Crippen LogP contribution in [0.1, 0.15) is 28.8 Å². The molecule has 0 atom stereocenters. The van der Waals surface area contributed by atoms with Crippen molar-refractivity contribution < 1.29 is 14.8 Å². The summed E-state index contributed by atoms with van der Waals surface area (Å²) >= 11 is 1.93. The van der Waals surface area contributed by atoms with Crippen molar-refractivity contribution in [2.24, 2.45) is 5.92 Å². The molecule has 2 N–H and O–H groups in total. The van der Waals surface area contributed by atoms with E-state index in [-0.39, 0.29) is 5.97 Å². The quantitative estimate of drug-likeness (QED) is 0.672. The van der Waals surface area contributed by atoms with Gasteiger partial charge in [-0.2, -0.15) is 0 Å². The number of fused-ring (bicyclic) bond motifs is 1. The van der Waals surface area contributed by atoms with Gasteiger partial charge in [0.2, 0.25) is 0 Å². The molecule has 0 unspecified atom stereocenters. The number of nitrogens with two attached hydrogens (primary N) is 1. The maximum absolute atomic E-state index is 11.6. The predicted octanol–water partition coefficient (Wildman–Crippen LogP) is 1.46. The van der Waals surface area contributed by atoms with Crippen molar-refractivity contribution in [2.75, 3.05) is 25.4 Å². The van der Waals surface area contributed by atoms with Gasteiger partial charge in [0.1, 0.15) is 0 Å². The van der Waals surface area contributed by atoms with Crippen LogP contribution in [0.2, 0.25) is 0 Å². The summed E-state index contributed by atoms with van der Waals surface area (Å²) in [7, 11) is 0. The van der Waals surface area contributed by atoms with E-state index in [1.807, 2.05) is 17.8 Å². The highest BCUT2D eigenvalue weighted by molar-refractivity contribution is 7.99. The van der Waals surface area contributed by atoms with Crippen LogP contribution >= 0.6 is 11.8 Å². The van der Waals surface area contributed by atoms with Gasteiger partial charge in [-0.05, 0) is 29.7 Å². The van der Waals surface area contributed by atoms with E-state index in [0.29, 0.717) is 6.61 Å². The van der Waals surface area contributed by atoms with Gasteiger partial charge >= 0.3 is 5.97 Å². The number of cyclic esters (lactones) is 1. The van der Waals surface area contributed by atoms with Crippen LogP contribution in [0.5, 0.6) is 0 Å². The summed E-state index contributed by atoms with van der Waals surface area (Å²) in [5.74, 6) is 1.90. The Morgan fingerprint density at radius 1 is 1.32 bits per heavy atom. The third-order valence-corrected chi connectivity index (χ3v) is 5.17. The Bertz CT molecular complexity index is 469. The molecule has 0 aliphatic carbocycles. The first-order chi connectivity index (χ1) is 9.33. The average Bonchev–Trinajstić information content (AvgIpc) is 2.46. The maximum Gasteiger partial charge on any atom is 0.338 e. The number of thioether (sulfide) groups is 1. The molecule has 0 saturated carbocycles. The molecule has 0 radical (unpaired) electrons. The minimum absolute atomic E-state index is 0.166. The summed E-state index contributed by atoms with van der Waals surface area (Å²) in [4.78, 5) is 12.9. The molecule has 2 heterocycles. The van der Waals surface area contributed by atoms with Crippen LogP contribution in [-0.4, -0.2) is 31.4 Å². The number of hydrogen-bond acceptors (Lipinski definition) is 3. The van der Waals surface area contributed by atoms with Gasteiger partial charge in [-0.3, -0.25) is 0 Å². The number of benzene rings is 1. The first-order valence-electron chi connectivity index (χ1n) is 7.07. The highest BCUT2D eigenvalue weighted by Gasteiger charge is 2.19. The molecule has 3 rings (SSSR count). The van der Waals surface area contributed by atoms with Crippen LogP contribution in [0.4, 0.5) is 0 Å². The zero-order valence-corrected chi connectivity index (χ0v) is 11.9. The fourth-order valence-corrected chi connectivity index (χ4v) is 3.93. The lowest BCUT2D eigenvalue weighted by Gasteiger charge is -2.20. The lowest BCUT2D eigenvalue weighted by molar-refractivity contribution is -0.664. The van der Waals surface area contributed by atoms with Crippen molar-refractivity contribution in [1.29, 1.82) is 0 Å². The van der Waals surface area contributed by atoms with Gasteiger partial charge in [-0.1, -0.05) is 0 Å². The lowest BCUT2D eigenvalue weighted by Crippen LogP contribution is -2.86. The number of esters is 1. The van der Waals surface area contributed by atoms with Gasteiger partial charge < -0.3 is 10.1 Å². The Kier molecular flexibility index (Phi) is 4.09. The van der Waals surface area contributed by atoms with E-state index in [2.05, 4.69) is 17.4 Å². The lowest BCUT2D eigenvalue weighted by atomic mass is 10.0. The van der Waals surface area contributed by atoms with Gasteiger partial charge in [-0.25, -0.2) is 4.79 Å². The number of rotatable bonds is 3. The number of hydrogen-bond donors (Lipinski definition) is 1. The minimum Gasteiger partial charge on any atom is -0.462 e. The van der Waals surface area contributed by atoms with Gasteiger partial charge in [0.25, 0.3) is 0 Å². The van der Waals surface area contributed by atoms with Gasteiger partial charge in [0.05, 0.1) is 25.3 Å². The highest BCUT2D eigenvalue weighted by Crippen LogP contribution is 2.27. The maximum atomic E-state index is 11.6. The SMILES string of the molecule is O=C1OCCc2cc(SCC3CC[NH2+]CC3)ccc21. The van der Waals surface area contributed by atoms with E-state index in [9.17, 15) is 4.79 Å². The molecule has 2 aliphatic rings. The molecular formula is C15H20NO2S+. The molecule has 19 heavy (non-hydrogen) atoms. The third kappa shape index (κ3) is 3.12. The molecule has 1 aromatic rings. The van der Waals surface area contributed by atoms with Crippen LogP contribution in [0.3, 0.4) is 0 Å². The summed E-state index contributed by atoms with van der Waals surface area (Å²) in [5.41, 5.74) is 1.90. The summed E-state index contributed by atoms with van der Waals surface area (Å²) < 4.78 is 5.05. The molecule has 2 aliphatic heterocycles. The standard InChI is InChI=1S/C15H19NO2S/c17-15-14-2-1-13(9-12(14)5-8-18-15)19-10-11-3-6-16-7-4-11/h1-2,9,11,16H,3-8,10H2/p+1.